The number of hydrogen-bond donors (Lipinski definition) is 4. The summed E-state index contributed by atoms with van der Waals surface area (Å²) in [5.41, 5.74) is 10.6. The fourth-order valence-corrected chi connectivity index (χ4v) is 3.74. The third kappa shape index (κ3) is 4.91. The van der Waals surface area contributed by atoms with E-state index >= 15 is 0 Å². The molecule has 0 atom stereocenters. The maximum absolute atomic E-state index is 6.09. The molecular weight excluding hydrogens is 428 g/mol. The maximum atomic E-state index is 6.09. The van der Waals surface area contributed by atoms with Gasteiger partial charge in [-0.05, 0) is 37.2 Å². The number of H-pyrrole nitrogens is 1. The van der Waals surface area contributed by atoms with Crippen molar-refractivity contribution in [1.82, 2.24) is 30.0 Å². The number of rotatable bonds is 6. The summed E-state index contributed by atoms with van der Waals surface area (Å²) >= 11 is 0. The number of nitrogens with zero attached hydrogens (tertiary/aromatic N) is 6. The number of likely N-dealkylation sites (N-methyl/N-ethyl adjacent to an activating group) is 1. The number of anilines is 6. The van der Waals surface area contributed by atoms with E-state index in [4.69, 9.17) is 5.73 Å². The molecule has 4 aromatic rings. The fraction of sp³-hybridized carbons (Fsp3) is 0.250. The Hall–Kier alpha value is -4.18. The van der Waals surface area contributed by atoms with Gasteiger partial charge in [-0.1, -0.05) is 36.4 Å². The molecule has 10 heteroatoms. The van der Waals surface area contributed by atoms with Crippen molar-refractivity contribution in [3.63, 3.8) is 0 Å². The van der Waals surface area contributed by atoms with Crippen molar-refractivity contribution < 1.29 is 0 Å². The smallest absolute Gasteiger partial charge is 0.235 e. The van der Waals surface area contributed by atoms with Gasteiger partial charge < -0.3 is 26.2 Å². The Morgan fingerprint density at radius 3 is 2.35 bits per heavy atom. The summed E-state index contributed by atoms with van der Waals surface area (Å²) < 4.78 is 0. The van der Waals surface area contributed by atoms with Crippen LogP contribution in [-0.4, -0.2) is 63.3 Å². The molecule has 1 aliphatic rings. The molecule has 0 saturated carbocycles. The van der Waals surface area contributed by atoms with Crippen LogP contribution in [0, 0.1) is 6.92 Å². The van der Waals surface area contributed by atoms with Crippen molar-refractivity contribution in [3.8, 4) is 11.3 Å². The highest BCUT2D eigenvalue weighted by molar-refractivity contribution is 5.66. The number of aromatic nitrogens is 5. The monoisotopic (exact) mass is 456 g/mol. The molecule has 3 heterocycles. The Morgan fingerprint density at radius 1 is 0.882 bits per heavy atom. The van der Waals surface area contributed by atoms with Crippen LogP contribution in [-0.2, 0) is 0 Å². The Bertz CT molecular complexity index is 1260. The van der Waals surface area contributed by atoms with Gasteiger partial charge in [0, 0.05) is 43.6 Å². The third-order valence-corrected chi connectivity index (χ3v) is 5.85. The highest BCUT2D eigenvalue weighted by Gasteiger charge is 2.19. The number of hydrogen-bond acceptors (Lipinski definition) is 9. The summed E-state index contributed by atoms with van der Waals surface area (Å²) in [6.45, 7) is 5.56. The van der Waals surface area contributed by atoms with Crippen LogP contribution < -0.4 is 21.3 Å². The largest absolute Gasteiger partial charge is 0.398 e. The molecule has 0 bridgehead atoms. The number of nitrogen functional groups attached to an aromatic ring is 1. The summed E-state index contributed by atoms with van der Waals surface area (Å²) in [5, 5.41) is 13.9. The van der Waals surface area contributed by atoms with Crippen LogP contribution in [0.2, 0.25) is 0 Å². The lowest BCUT2D eigenvalue weighted by atomic mass is 10.2. The predicted molar refractivity (Wildman–Crippen MR) is 136 cm³/mol. The van der Waals surface area contributed by atoms with Crippen molar-refractivity contribution in [2.45, 2.75) is 6.92 Å². The summed E-state index contributed by atoms with van der Waals surface area (Å²) in [6.07, 6.45) is 0. The molecule has 5 N–H and O–H groups in total. The van der Waals surface area contributed by atoms with Gasteiger partial charge in [-0.2, -0.15) is 20.1 Å². The minimum Gasteiger partial charge on any atom is -0.398 e. The van der Waals surface area contributed by atoms with E-state index in [1.54, 1.807) is 0 Å². The first-order valence-corrected chi connectivity index (χ1v) is 11.2. The molecular formula is C24H28N10. The van der Waals surface area contributed by atoms with Gasteiger partial charge >= 0.3 is 0 Å². The molecule has 174 valence electrons. The average Bonchev–Trinajstić information content (AvgIpc) is 3.31. The van der Waals surface area contributed by atoms with Crippen LogP contribution in [0.5, 0.6) is 0 Å². The van der Waals surface area contributed by atoms with E-state index in [1.165, 1.54) is 0 Å². The fourth-order valence-electron chi connectivity index (χ4n) is 3.74. The van der Waals surface area contributed by atoms with Crippen LogP contribution in [0.4, 0.5) is 35.0 Å². The molecule has 0 unspecified atom stereocenters. The Balaban J connectivity index is 1.43. The van der Waals surface area contributed by atoms with E-state index < -0.39 is 0 Å². The second kappa shape index (κ2) is 9.36. The quantitative estimate of drug-likeness (QED) is 0.323. The molecule has 1 aliphatic heterocycles. The van der Waals surface area contributed by atoms with Crippen molar-refractivity contribution >= 4 is 35.0 Å². The predicted octanol–water partition coefficient (Wildman–Crippen LogP) is 3.39. The highest BCUT2D eigenvalue weighted by atomic mass is 15.4. The first-order chi connectivity index (χ1) is 16.5. The topological polar surface area (TPSA) is 124 Å². The molecule has 2 aromatic carbocycles. The van der Waals surface area contributed by atoms with Gasteiger partial charge in [-0.15, -0.1) is 0 Å². The number of aromatic amines is 1. The minimum absolute atomic E-state index is 0.414. The summed E-state index contributed by atoms with van der Waals surface area (Å²) in [4.78, 5) is 18.4. The molecule has 0 radical (unpaired) electrons. The van der Waals surface area contributed by atoms with E-state index in [1.807, 2.05) is 61.5 Å². The van der Waals surface area contributed by atoms with Crippen LogP contribution in [0.25, 0.3) is 11.3 Å². The van der Waals surface area contributed by atoms with Crippen LogP contribution >= 0.6 is 0 Å². The van der Waals surface area contributed by atoms with Gasteiger partial charge in [0.1, 0.15) is 0 Å². The van der Waals surface area contributed by atoms with E-state index in [0.29, 0.717) is 29.4 Å². The second-order valence-electron chi connectivity index (χ2n) is 8.43. The Kier molecular flexibility index (Phi) is 5.96. The SMILES string of the molecule is Cc1ccc(Nc2nc(Nc3cc(-c4ccccc4)[nH]n3)nc(N3CCN(C)CC3)n2)cc1N. The van der Waals surface area contributed by atoms with Crippen molar-refractivity contribution in [3.05, 3.63) is 60.2 Å². The van der Waals surface area contributed by atoms with E-state index in [2.05, 4.69) is 52.6 Å². The molecule has 0 aliphatic carbocycles. The second-order valence-corrected chi connectivity index (χ2v) is 8.43. The van der Waals surface area contributed by atoms with Gasteiger partial charge in [-0.3, -0.25) is 5.10 Å². The standard InChI is InChI=1S/C24H28N10/c1-16-8-9-18(14-19(16)25)26-22-28-23(30-24(29-22)34-12-10-33(2)11-13-34)27-21-15-20(31-32-21)17-6-4-3-5-7-17/h3-9,14-15H,10-13,25H2,1-2H3,(H3,26,27,28,29,30,31,32). The highest BCUT2D eigenvalue weighted by Crippen LogP contribution is 2.24. The number of nitrogens with one attached hydrogen (secondary N) is 3. The number of benzene rings is 2. The zero-order valence-corrected chi connectivity index (χ0v) is 19.3. The molecule has 0 amide bonds. The lowest BCUT2D eigenvalue weighted by molar-refractivity contribution is 0.311. The minimum atomic E-state index is 0.414. The summed E-state index contributed by atoms with van der Waals surface area (Å²) in [5.74, 6) is 2.10. The molecule has 2 aromatic heterocycles. The zero-order chi connectivity index (χ0) is 23.5. The average molecular weight is 457 g/mol. The third-order valence-electron chi connectivity index (χ3n) is 5.85. The molecule has 10 nitrogen and oxygen atoms in total. The van der Waals surface area contributed by atoms with Crippen LogP contribution in [0.1, 0.15) is 5.56 Å². The molecule has 5 rings (SSSR count). The van der Waals surface area contributed by atoms with Gasteiger partial charge in [0.25, 0.3) is 0 Å². The lowest BCUT2D eigenvalue weighted by Crippen LogP contribution is -2.45. The van der Waals surface area contributed by atoms with E-state index in [9.17, 15) is 0 Å². The van der Waals surface area contributed by atoms with Crippen LogP contribution in [0.15, 0.2) is 54.6 Å². The van der Waals surface area contributed by atoms with E-state index in [0.717, 1.165) is 48.7 Å². The molecule has 1 fully saturated rings. The number of nitrogens with two attached hydrogens (primary N) is 1. The normalized spacial score (nSPS) is 14.2. The zero-order valence-electron chi connectivity index (χ0n) is 19.3. The van der Waals surface area contributed by atoms with Gasteiger partial charge in [0.2, 0.25) is 17.8 Å². The lowest BCUT2D eigenvalue weighted by Gasteiger charge is -2.32. The van der Waals surface area contributed by atoms with E-state index in [-0.39, 0.29) is 0 Å². The first-order valence-electron chi connectivity index (χ1n) is 11.2. The molecule has 34 heavy (non-hydrogen) atoms. The van der Waals surface area contributed by atoms with Crippen molar-refractivity contribution in [2.75, 3.05) is 54.5 Å². The number of piperazine rings is 1. The molecule has 0 spiro atoms. The Labute approximate surface area is 198 Å². The first kappa shape index (κ1) is 21.7. The van der Waals surface area contributed by atoms with Gasteiger partial charge in [0.05, 0.1) is 5.69 Å². The Morgan fingerprint density at radius 2 is 1.62 bits per heavy atom. The summed E-state index contributed by atoms with van der Waals surface area (Å²) in [6, 6.07) is 17.8. The molecule has 1 saturated heterocycles. The van der Waals surface area contributed by atoms with Crippen molar-refractivity contribution in [2.24, 2.45) is 0 Å². The van der Waals surface area contributed by atoms with Gasteiger partial charge in [-0.25, -0.2) is 0 Å². The summed E-state index contributed by atoms with van der Waals surface area (Å²) in [7, 11) is 2.12. The van der Waals surface area contributed by atoms with Crippen molar-refractivity contribution in [1.29, 1.82) is 0 Å². The number of aryl methyl sites for hydroxylation is 1. The van der Waals surface area contributed by atoms with Gasteiger partial charge in [0.15, 0.2) is 5.82 Å². The van der Waals surface area contributed by atoms with Crippen LogP contribution in [0.3, 0.4) is 0 Å². The maximum Gasteiger partial charge on any atom is 0.235 e.